The molecule has 0 spiro atoms. The Kier molecular flexibility index (Phi) is 3.90. The normalized spacial score (nSPS) is 13.0. The number of nitrogens with zero attached hydrogens (tertiary/aromatic N) is 1. The van der Waals surface area contributed by atoms with Crippen molar-refractivity contribution in [3.05, 3.63) is 45.0 Å². The Morgan fingerprint density at radius 1 is 1.38 bits per heavy atom. The first-order valence-corrected chi connectivity index (χ1v) is 7.40. The number of nitrogens with one attached hydrogen (secondary N) is 1. The van der Waals surface area contributed by atoms with Crippen molar-refractivity contribution in [1.82, 2.24) is 9.55 Å². The number of hydrogen-bond donors (Lipinski definition) is 2. The minimum atomic E-state index is -0.184. The number of ether oxygens (including phenoxy) is 1. The molecular formula is C15H17N3O2S. The predicted octanol–water partition coefficient (Wildman–Crippen LogP) is 1.86. The van der Waals surface area contributed by atoms with E-state index < -0.39 is 0 Å². The fourth-order valence-electron chi connectivity index (χ4n) is 2.58. The molecule has 0 fully saturated rings. The topological polar surface area (TPSA) is 73.0 Å². The van der Waals surface area contributed by atoms with E-state index in [1.165, 1.54) is 5.56 Å². The maximum Gasteiger partial charge on any atom is 0.252 e. The summed E-state index contributed by atoms with van der Waals surface area (Å²) in [7, 11) is 0. The van der Waals surface area contributed by atoms with Gasteiger partial charge in [-0.1, -0.05) is 0 Å². The van der Waals surface area contributed by atoms with E-state index in [9.17, 15) is 4.79 Å². The predicted molar refractivity (Wildman–Crippen MR) is 84.2 cm³/mol. The molecule has 1 aliphatic rings. The lowest BCUT2D eigenvalue weighted by Crippen LogP contribution is -2.16. The van der Waals surface area contributed by atoms with Gasteiger partial charge in [-0.05, 0) is 54.5 Å². The second-order valence-electron chi connectivity index (χ2n) is 5.04. The molecule has 0 radical (unpaired) electrons. The maximum atomic E-state index is 11.8. The van der Waals surface area contributed by atoms with Crippen LogP contribution in [0.5, 0.6) is 5.75 Å². The van der Waals surface area contributed by atoms with Gasteiger partial charge in [-0.2, -0.15) is 0 Å². The molecule has 1 aromatic heterocycles. The van der Waals surface area contributed by atoms with Gasteiger partial charge in [-0.3, -0.25) is 9.78 Å². The molecule has 0 unspecified atom stereocenters. The van der Waals surface area contributed by atoms with Gasteiger partial charge >= 0.3 is 0 Å². The van der Waals surface area contributed by atoms with Crippen LogP contribution >= 0.6 is 12.2 Å². The zero-order chi connectivity index (χ0) is 14.8. The first-order valence-electron chi connectivity index (χ1n) is 6.99. The van der Waals surface area contributed by atoms with Crippen LogP contribution in [0.25, 0.3) is 11.3 Å². The lowest BCUT2D eigenvalue weighted by atomic mass is 10.1. The van der Waals surface area contributed by atoms with Crippen LogP contribution in [0.2, 0.25) is 0 Å². The molecule has 1 aliphatic heterocycles. The van der Waals surface area contributed by atoms with Crippen molar-refractivity contribution in [2.45, 2.75) is 19.4 Å². The molecule has 110 valence electrons. The van der Waals surface area contributed by atoms with Crippen molar-refractivity contribution >= 4 is 12.2 Å². The molecular weight excluding hydrogens is 286 g/mol. The molecule has 0 saturated carbocycles. The Hall–Kier alpha value is -1.92. The lowest BCUT2D eigenvalue weighted by molar-refractivity contribution is 0.357. The molecule has 21 heavy (non-hydrogen) atoms. The van der Waals surface area contributed by atoms with E-state index in [0.717, 1.165) is 29.8 Å². The van der Waals surface area contributed by atoms with E-state index in [2.05, 4.69) is 11.1 Å². The Bertz CT molecular complexity index is 779. The van der Waals surface area contributed by atoms with Crippen molar-refractivity contribution in [3.8, 4) is 17.0 Å². The van der Waals surface area contributed by atoms with E-state index in [0.29, 0.717) is 24.5 Å². The third-order valence-electron chi connectivity index (χ3n) is 3.60. The molecule has 2 aromatic rings. The Labute approximate surface area is 127 Å². The average molecular weight is 303 g/mol. The Balaban J connectivity index is 2.12. The second kappa shape index (κ2) is 5.83. The van der Waals surface area contributed by atoms with Gasteiger partial charge in [0.1, 0.15) is 5.75 Å². The summed E-state index contributed by atoms with van der Waals surface area (Å²) in [5.41, 5.74) is 8.37. The monoisotopic (exact) mass is 303 g/mol. The molecule has 6 heteroatoms. The minimum absolute atomic E-state index is 0.184. The number of benzene rings is 1. The van der Waals surface area contributed by atoms with Crippen LogP contribution in [0.4, 0.5) is 0 Å². The molecule has 0 aliphatic carbocycles. The number of nitrogens with two attached hydrogens (primary N) is 1. The number of fused-ring (bicyclic) bond motifs is 1. The van der Waals surface area contributed by atoms with Crippen LogP contribution < -0.4 is 16.0 Å². The largest absolute Gasteiger partial charge is 0.493 e. The van der Waals surface area contributed by atoms with Crippen molar-refractivity contribution < 1.29 is 4.74 Å². The number of aromatic nitrogens is 2. The van der Waals surface area contributed by atoms with E-state index in [1.54, 1.807) is 6.07 Å². The van der Waals surface area contributed by atoms with E-state index in [1.807, 2.05) is 16.7 Å². The number of aromatic amines is 1. The van der Waals surface area contributed by atoms with Gasteiger partial charge in [0.25, 0.3) is 5.56 Å². The summed E-state index contributed by atoms with van der Waals surface area (Å²) in [5, 5.41) is 0. The zero-order valence-electron chi connectivity index (χ0n) is 11.6. The molecule has 5 nitrogen and oxygen atoms in total. The Morgan fingerprint density at radius 2 is 2.24 bits per heavy atom. The number of rotatable bonds is 4. The molecule has 3 rings (SSSR count). The molecule has 0 saturated heterocycles. The van der Waals surface area contributed by atoms with Gasteiger partial charge in [-0.15, -0.1) is 0 Å². The maximum absolute atomic E-state index is 11.8. The molecule has 3 N–H and O–H groups in total. The quantitative estimate of drug-likeness (QED) is 0.846. The lowest BCUT2D eigenvalue weighted by Gasteiger charge is -2.14. The molecule has 1 aromatic carbocycles. The van der Waals surface area contributed by atoms with Crippen LogP contribution in [-0.2, 0) is 13.0 Å². The first kappa shape index (κ1) is 14.0. The van der Waals surface area contributed by atoms with Gasteiger partial charge in [0.2, 0.25) is 0 Å². The highest BCUT2D eigenvalue weighted by Gasteiger charge is 2.14. The summed E-state index contributed by atoms with van der Waals surface area (Å²) < 4.78 is 7.88. The summed E-state index contributed by atoms with van der Waals surface area (Å²) in [4.78, 5) is 14.4. The van der Waals surface area contributed by atoms with E-state index in [-0.39, 0.29) is 5.56 Å². The average Bonchev–Trinajstić information content (AvgIpc) is 2.93. The highest BCUT2D eigenvalue weighted by molar-refractivity contribution is 7.71. The second-order valence-corrected chi connectivity index (χ2v) is 5.43. The molecule has 2 heterocycles. The van der Waals surface area contributed by atoms with Crippen molar-refractivity contribution in [2.24, 2.45) is 5.73 Å². The third-order valence-corrected chi connectivity index (χ3v) is 3.93. The smallest absolute Gasteiger partial charge is 0.252 e. The third kappa shape index (κ3) is 2.77. The first-order chi connectivity index (χ1) is 10.2. The molecule has 0 atom stereocenters. The van der Waals surface area contributed by atoms with E-state index in [4.69, 9.17) is 22.7 Å². The molecule has 0 bridgehead atoms. The number of hydrogen-bond acceptors (Lipinski definition) is 4. The van der Waals surface area contributed by atoms with Gasteiger partial charge in [-0.25, -0.2) is 0 Å². The highest BCUT2D eigenvalue weighted by atomic mass is 32.1. The summed E-state index contributed by atoms with van der Waals surface area (Å²) in [6.07, 6.45) is 1.71. The summed E-state index contributed by atoms with van der Waals surface area (Å²) in [6, 6.07) is 7.58. The minimum Gasteiger partial charge on any atom is -0.493 e. The standard InChI is InChI=1S/C15H17N3O2S/c16-5-1-6-18-12(9-14(19)17-15(18)21)10-2-3-13-11(8-10)4-7-20-13/h2-3,8-9H,1,4-7,16H2,(H,17,19,21). The number of H-pyrrole nitrogens is 1. The van der Waals surface area contributed by atoms with Gasteiger partial charge in [0.15, 0.2) is 4.77 Å². The van der Waals surface area contributed by atoms with Crippen LogP contribution in [-0.4, -0.2) is 22.7 Å². The Morgan fingerprint density at radius 3 is 3.05 bits per heavy atom. The van der Waals surface area contributed by atoms with Crippen LogP contribution in [0, 0.1) is 4.77 Å². The SMILES string of the molecule is NCCCn1c(-c2ccc3c(c2)CCO3)cc(=O)[nH]c1=S. The van der Waals surface area contributed by atoms with E-state index >= 15 is 0 Å². The van der Waals surface area contributed by atoms with Crippen molar-refractivity contribution in [2.75, 3.05) is 13.2 Å². The fraction of sp³-hybridized carbons (Fsp3) is 0.333. The van der Waals surface area contributed by atoms with Gasteiger partial charge in [0.05, 0.1) is 12.3 Å². The van der Waals surface area contributed by atoms with Crippen LogP contribution in [0.3, 0.4) is 0 Å². The van der Waals surface area contributed by atoms with Gasteiger partial charge in [0, 0.05) is 19.0 Å². The van der Waals surface area contributed by atoms with Crippen molar-refractivity contribution in [1.29, 1.82) is 0 Å². The summed E-state index contributed by atoms with van der Waals surface area (Å²) in [5.74, 6) is 0.927. The molecule has 0 amide bonds. The highest BCUT2D eigenvalue weighted by Crippen LogP contribution is 2.30. The summed E-state index contributed by atoms with van der Waals surface area (Å²) >= 11 is 5.28. The van der Waals surface area contributed by atoms with Crippen molar-refractivity contribution in [3.63, 3.8) is 0 Å². The van der Waals surface area contributed by atoms with Crippen LogP contribution in [0.15, 0.2) is 29.1 Å². The fourth-order valence-corrected chi connectivity index (χ4v) is 2.87. The zero-order valence-corrected chi connectivity index (χ0v) is 12.4. The van der Waals surface area contributed by atoms with Gasteiger partial charge < -0.3 is 15.0 Å². The van der Waals surface area contributed by atoms with Crippen LogP contribution in [0.1, 0.15) is 12.0 Å². The summed E-state index contributed by atoms with van der Waals surface area (Å²) in [6.45, 7) is 1.99.